The van der Waals surface area contributed by atoms with E-state index in [0.29, 0.717) is 24.8 Å². The van der Waals surface area contributed by atoms with E-state index in [0.717, 1.165) is 44.5 Å². The summed E-state index contributed by atoms with van der Waals surface area (Å²) in [5.74, 6) is 2.04. The van der Waals surface area contributed by atoms with E-state index in [1.54, 1.807) is 0 Å². The van der Waals surface area contributed by atoms with E-state index in [2.05, 4.69) is 37.2 Å². The maximum absolute atomic E-state index is 6.05. The van der Waals surface area contributed by atoms with Crippen molar-refractivity contribution in [3.8, 4) is 16.3 Å². The molecule has 0 radical (unpaired) electrons. The van der Waals surface area contributed by atoms with Crippen molar-refractivity contribution in [1.82, 2.24) is 20.2 Å². The first-order valence-corrected chi connectivity index (χ1v) is 9.45. The number of aromatic nitrogens is 4. The Morgan fingerprint density at radius 3 is 2.67 bits per heavy atom. The number of benzene rings is 1. The number of rotatable bonds is 2. The molecule has 1 aliphatic rings. The Balaban J connectivity index is 1.76. The Labute approximate surface area is 161 Å². The molecule has 0 unspecified atom stereocenters. The van der Waals surface area contributed by atoms with Crippen molar-refractivity contribution in [2.75, 3.05) is 29.5 Å². The van der Waals surface area contributed by atoms with Gasteiger partial charge in [-0.3, -0.25) is 0 Å². The summed E-state index contributed by atoms with van der Waals surface area (Å²) in [5, 5.41) is 9.34. The van der Waals surface area contributed by atoms with E-state index < -0.39 is 0 Å². The van der Waals surface area contributed by atoms with E-state index in [1.807, 2.05) is 20.8 Å². The molecule has 0 aliphatic carbocycles. The van der Waals surface area contributed by atoms with Crippen molar-refractivity contribution in [3.05, 3.63) is 34.5 Å². The van der Waals surface area contributed by atoms with Gasteiger partial charge in [-0.25, -0.2) is 4.98 Å². The summed E-state index contributed by atoms with van der Waals surface area (Å²) in [6.07, 6.45) is 0. The van der Waals surface area contributed by atoms with Crippen LogP contribution in [0.3, 0.4) is 0 Å². The van der Waals surface area contributed by atoms with Gasteiger partial charge in [0.1, 0.15) is 23.2 Å². The predicted octanol–water partition coefficient (Wildman–Crippen LogP) is 2.48. The van der Waals surface area contributed by atoms with Crippen molar-refractivity contribution in [2.24, 2.45) is 0 Å². The predicted molar refractivity (Wildman–Crippen MR) is 107 cm³/mol. The van der Waals surface area contributed by atoms with Gasteiger partial charge in [-0.1, -0.05) is 11.3 Å². The van der Waals surface area contributed by atoms with E-state index in [9.17, 15) is 0 Å². The summed E-state index contributed by atoms with van der Waals surface area (Å²) >= 11 is 1.37. The van der Waals surface area contributed by atoms with Crippen LogP contribution < -0.4 is 21.1 Å². The monoisotopic (exact) mass is 383 g/mol. The molecule has 0 atom stereocenters. The minimum atomic E-state index is 0.285. The molecule has 140 valence electrons. The fraction of sp³-hybridized carbons (Fsp3) is 0.333. The second kappa shape index (κ2) is 6.66. The lowest BCUT2D eigenvalue weighted by Crippen LogP contribution is -2.27. The SMILES string of the molecule is Cc1cc(-c2nnc(N)s2)cc2c1OCCN(c1nc(N)nc(C)c1C)C2. The average molecular weight is 383 g/mol. The third-order valence-electron chi connectivity index (χ3n) is 4.69. The van der Waals surface area contributed by atoms with Crippen LogP contribution in [0, 0.1) is 20.8 Å². The molecule has 0 saturated heterocycles. The van der Waals surface area contributed by atoms with Gasteiger partial charge in [0.05, 0.1) is 6.54 Å². The summed E-state index contributed by atoms with van der Waals surface area (Å²) < 4.78 is 6.05. The van der Waals surface area contributed by atoms with Crippen molar-refractivity contribution < 1.29 is 4.74 Å². The van der Waals surface area contributed by atoms with Gasteiger partial charge in [0.15, 0.2) is 0 Å². The molecule has 8 nitrogen and oxygen atoms in total. The Morgan fingerprint density at radius 2 is 1.93 bits per heavy atom. The van der Waals surface area contributed by atoms with Crippen LogP contribution in [0.4, 0.5) is 16.9 Å². The molecule has 2 aromatic heterocycles. The molecular weight excluding hydrogens is 362 g/mol. The van der Waals surface area contributed by atoms with Crippen LogP contribution in [0.25, 0.3) is 10.6 Å². The molecule has 3 aromatic rings. The highest BCUT2D eigenvalue weighted by atomic mass is 32.1. The topological polar surface area (TPSA) is 116 Å². The highest BCUT2D eigenvalue weighted by molar-refractivity contribution is 7.18. The molecular formula is C18H21N7OS. The minimum Gasteiger partial charge on any atom is -0.491 e. The quantitative estimate of drug-likeness (QED) is 0.693. The first-order valence-electron chi connectivity index (χ1n) is 8.63. The molecule has 0 bridgehead atoms. The molecule has 9 heteroatoms. The highest BCUT2D eigenvalue weighted by Crippen LogP contribution is 2.35. The Bertz CT molecular complexity index is 1020. The Hall–Kier alpha value is -2.94. The van der Waals surface area contributed by atoms with Crippen LogP contribution in [0.2, 0.25) is 0 Å². The number of hydrogen-bond donors (Lipinski definition) is 2. The van der Waals surface area contributed by atoms with Crippen molar-refractivity contribution >= 4 is 28.2 Å². The fourth-order valence-electron chi connectivity index (χ4n) is 3.31. The molecule has 4 N–H and O–H groups in total. The van der Waals surface area contributed by atoms with E-state index in [4.69, 9.17) is 16.2 Å². The Kier molecular flexibility index (Phi) is 4.31. The number of nitrogen functional groups attached to an aromatic ring is 2. The van der Waals surface area contributed by atoms with Gasteiger partial charge < -0.3 is 21.1 Å². The summed E-state index contributed by atoms with van der Waals surface area (Å²) in [7, 11) is 0. The largest absolute Gasteiger partial charge is 0.491 e. The summed E-state index contributed by atoms with van der Waals surface area (Å²) in [6.45, 7) is 7.95. The van der Waals surface area contributed by atoms with Crippen molar-refractivity contribution in [2.45, 2.75) is 27.3 Å². The number of hydrogen-bond acceptors (Lipinski definition) is 9. The van der Waals surface area contributed by atoms with Crippen molar-refractivity contribution in [1.29, 1.82) is 0 Å². The molecule has 27 heavy (non-hydrogen) atoms. The molecule has 3 heterocycles. The Morgan fingerprint density at radius 1 is 1.11 bits per heavy atom. The van der Waals surface area contributed by atoms with E-state index >= 15 is 0 Å². The number of aryl methyl sites for hydroxylation is 2. The van der Waals surface area contributed by atoms with Crippen LogP contribution >= 0.6 is 11.3 Å². The third kappa shape index (κ3) is 3.25. The van der Waals surface area contributed by atoms with Gasteiger partial charge in [0.25, 0.3) is 0 Å². The summed E-state index contributed by atoms with van der Waals surface area (Å²) in [4.78, 5) is 10.9. The number of nitrogens with two attached hydrogens (primary N) is 2. The maximum Gasteiger partial charge on any atom is 0.222 e. The minimum absolute atomic E-state index is 0.285. The lowest BCUT2D eigenvalue weighted by Gasteiger charge is -2.23. The lowest BCUT2D eigenvalue weighted by molar-refractivity contribution is 0.329. The highest BCUT2D eigenvalue weighted by Gasteiger charge is 2.22. The molecule has 4 rings (SSSR count). The molecule has 0 spiro atoms. The first-order chi connectivity index (χ1) is 12.9. The maximum atomic E-state index is 6.05. The summed E-state index contributed by atoms with van der Waals surface area (Å²) in [5.41, 5.74) is 16.7. The molecule has 0 fully saturated rings. The zero-order valence-corrected chi connectivity index (χ0v) is 16.3. The van der Waals surface area contributed by atoms with Crippen LogP contribution in [-0.2, 0) is 6.54 Å². The molecule has 1 aromatic carbocycles. The van der Waals surface area contributed by atoms with Gasteiger partial charge in [0.2, 0.25) is 11.1 Å². The standard InChI is InChI=1S/C18H21N7OS/c1-9-6-12(16-23-24-18(20)27-16)7-13-8-25(4-5-26-14(9)13)15-10(2)11(3)21-17(19)22-15/h6-7H,4-5,8H2,1-3H3,(H2,20,24)(H2,19,21,22). The molecule has 0 saturated carbocycles. The van der Waals surface area contributed by atoms with Crippen molar-refractivity contribution in [3.63, 3.8) is 0 Å². The fourth-order valence-corrected chi connectivity index (χ4v) is 3.91. The van der Waals surface area contributed by atoms with Gasteiger partial charge in [-0.15, -0.1) is 10.2 Å². The lowest BCUT2D eigenvalue weighted by atomic mass is 10.0. The van der Waals surface area contributed by atoms with Crippen LogP contribution in [0.15, 0.2) is 12.1 Å². The third-order valence-corrected chi connectivity index (χ3v) is 5.49. The van der Waals surface area contributed by atoms with Gasteiger partial charge in [-0.2, -0.15) is 4.98 Å². The van der Waals surface area contributed by atoms with Gasteiger partial charge in [0, 0.05) is 28.9 Å². The van der Waals surface area contributed by atoms with Crippen LogP contribution in [-0.4, -0.2) is 33.3 Å². The van der Waals surface area contributed by atoms with Gasteiger partial charge in [-0.05, 0) is 38.5 Å². The van der Waals surface area contributed by atoms with Gasteiger partial charge >= 0.3 is 0 Å². The first kappa shape index (κ1) is 17.5. The zero-order chi connectivity index (χ0) is 19.1. The second-order valence-electron chi connectivity index (χ2n) is 6.61. The van der Waals surface area contributed by atoms with E-state index in [1.165, 1.54) is 11.3 Å². The summed E-state index contributed by atoms with van der Waals surface area (Å²) in [6, 6.07) is 4.15. The second-order valence-corrected chi connectivity index (χ2v) is 7.62. The molecule has 0 amide bonds. The van der Waals surface area contributed by atoms with E-state index in [-0.39, 0.29) is 5.95 Å². The van der Waals surface area contributed by atoms with Crippen LogP contribution in [0.5, 0.6) is 5.75 Å². The van der Waals surface area contributed by atoms with Crippen LogP contribution in [0.1, 0.15) is 22.4 Å². The smallest absolute Gasteiger partial charge is 0.222 e. The normalized spacial score (nSPS) is 13.8. The average Bonchev–Trinajstić information content (AvgIpc) is 2.93. The number of ether oxygens (including phenoxy) is 1. The number of fused-ring (bicyclic) bond motifs is 1. The number of anilines is 3. The molecule has 1 aliphatic heterocycles. The zero-order valence-electron chi connectivity index (χ0n) is 15.5. The number of nitrogens with zero attached hydrogens (tertiary/aromatic N) is 5.